The fourth-order valence-electron chi connectivity index (χ4n) is 2.46. The number of hydrogen-bond donors (Lipinski definition) is 1. The van der Waals surface area contributed by atoms with E-state index >= 15 is 0 Å². The summed E-state index contributed by atoms with van der Waals surface area (Å²) in [5.74, 6) is 0.991. The molecule has 1 fully saturated rings. The van der Waals surface area contributed by atoms with E-state index in [0.717, 1.165) is 31.7 Å². The molecule has 2 unspecified atom stereocenters. The highest BCUT2D eigenvalue weighted by atomic mass is 16.5. The van der Waals surface area contributed by atoms with Gasteiger partial charge in [0, 0.05) is 25.1 Å². The Morgan fingerprint density at radius 3 is 3.06 bits per heavy atom. The van der Waals surface area contributed by atoms with Crippen LogP contribution < -0.4 is 5.73 Å². The van der Waals surface area contributed by atoms with Crippen LogP contribution in [0.4, 0.5) is 0 Å². The van der Waals surface area contributed by atoms with Crippen LogP contribution >= 0.6 is 0 Å². The quantitative estimate of drug-likeness (QED) is 0.836. The second-order valence-electron chi connectivity index (χ2n) is 5.39. The Balaban J connectivity index is 1.79. The largest absolute Gasteiger partial charge is 0.378 e. The van der Waals surface area contributed by atoms with Crippen LogP contribution in [0.2, 0.25) is 0 Å². The third kappa shape index (κ3) is 3.53. The van der Waals surface area contributed by atoms with Gasteiger partial charge in [0.1, 0.15) is 12.2 Å². The minimum absolute atomic E-state index is 0.149. The van der Waals surface area contributed by atoms with E-state index in [2.05, 4.69) is 23.9 Å². The minimum atomic E-state index is 0.149. The average molecular weight is 252 g/mol. The highest BCUT2D eigenvalue weighted by Gasteiger charge is 2.18. The number of rotatable bonds is 6. The van der Waals surface area contributed by atoms with E-state index in [4.69, 9.17) is 10.5 Å². The van der Waals surface area contributed by atoms with E-state index < -0.39 is 0 Å². The van der Waals surface area contributed by atoms with Crippen LogP contribution in [0.3, 0.4) is 0 Å². The third-order valence-electron chi connectivity index (χ3n) is 3.46. The predicted molar refractivity (Wildman–Crippen MR) is 70.3 cm³/mol. The van der Waals surface area contributed by atoms with Crippen molar-refractivity contribution in [3.05, 3.63) is 12.2 Å². The summed E-state index contributed by atoms with van der Waals surface area (Å²) in [4.78, 5) is 4.30. The molecule has 2 N–H and O–H groups in total. The molecule has 102 valence electrons. The first kappa shape index (κ1) is 13.5. The Bertz CT molecular complexity index is 358. The average Bonchev–Trinajstić information content (AvgIpc) is 2.96. The van der Waals surface area contributed by atoms with Crippen LogP contribution in [0.15, 0.2) is 6.33 Å². The van der Waals surface area contributed by atoms with Crippen LogP contribution in [0.1, 0.15) is 51.4 Å². The summed E-state index contributed by atoms with van der Waals surface area (Å²) in [6.07, 6.45) is 7.29. The zero-order valence-corrected chi connectivity index (χ0v) is 11.4. The number of nitrogens with zero attached hydrogens (tertiary/aromatic N) is 3. The smallest absolute Gasteiger partial charge is 0.138 e. The van der Waals surface area contributed by atoms with Crippen molar-refractivity contribution in [2.45, 2.75) is 64.1 Å². The minimum Gasteiger partial charge on any atom is -0.378 e. The Morgan fingerprint density at radius 1 is 1.56 bits per heavy atom. The van der Waals surface area contributed by atoms with E-state index in [1.54, 1.807) is 6.33 Å². The first-order chi connectivity index (χ1) is 8.66. The molecular formula is C13H24N4O. The number of aromatic nitrogens is 3. The zero-order valence-electron chi connectivity index (χ0n) is 11.4. The van der Waals surface area contributed by atoms with Crippen molar-refractivity contribution in [2.24, 2.45) is 5.73 Å². The molecule has 1 aliphatic rings. The molecule has 5 heteroatoms. The molecule has 1 aromatic rings. The molecule has 2 heterocycles. The molecule has 2 rings (SSSR count). The summed E-state index contributed by atoms with van der Waals surface area (Å²) in [6, 6.07) is 0.490. The summed E-state index contributed by atoms with van der Waals surface area (Å²) in [6.45, 7) is 5.13. The SMILES string of the molecule is CC(C)n1ncnc1CC(N)CCC1CCCO1. The third-order valence-corrected chi connectivity index (χ3v) is 3.46. The Hall–Kier alpha value is -0.940. The highest BCUT2D eigenvalue weighted by molar-refractivity contribution is 4.90. The molecule has 1 aromatic heterocycles. The highest BCUT2D eigenvalue weighted by Crippen LogP contribution is 2.18. The molecule has 18 heavy (non-hydrogen) atoms. The van der Waals surface area contributed by atoms with Gasteiger partial charge in [0.05, 0.1) is 6.10 Å². The Kier molecular flexibility index (Phi) is 4.72. The summed E-state index contributed by atoms with van der Waals surface area (Å²) in [5.41, 5.74) is 6.18. The lowest BCUT2D eigenvalue weighted by Gasteiger charge is -2.15. The topological polar surface area (TPSA) is 66.0 Å². The van der Waals surface area contributed by atoms with E-state index in [-0.39, 0.29) is 6.04 Å². The van der Waals surface area contributed by atoms with Crippen molar-refractivity contribution in [2.75, 3.05) is 6.61 Å². The molecule has 0 bridgehead atoms. The van der Waals surface area contributed by atoms with Gasteiger partial charge in [-0.15, -0.1) is 0 Å². The molecule has 0 saturated carbocycles. The molecule has 2 atom stereocenters. The van der Waals surface area contributed by atoms with Gasteiger partial charge in [-0.05, 0) is 39.5 Å². The van der Waals surface area contributed by atoms with Crippen LogP contribution in [0, 0.1) is 0 Å². The van der Waals surface area contributed by atoms with Crippen molar-refractivity contribution in [3.8, 4) is 0 Å². The molecule has 0 aliphatic carbocycles. The van der Waals surface area contributed by atoms with Crippen molar-refractivity contribution >= 4 is 0 Å². The standard InChI is InChI=1S/C13H24N4O/c1-10(2)17-13(15-9-16-17)8-11(14)5-6-12-4-3-7-18-12/h9-12H,3-8,14H2,1-2H3. The molecule has 5 nitrogen and oxygen atoms in total. The van der Waals surface area contributed by atoms with Gasteiger partial charge in [0.2, 0.25) is 0 Å². The number of nitrogens with two attached hydrogens (primary N) is 1. The maximum atomic E-state index is 6.18. The first-order valence-corrected chi connectivity index (χ1v) is 6.92. The van der Waals surface area contributed by atoms with Gasteiger partial charge in [-0.3, -0.25) is 0 Å². The molecule has 1 saturated heterocycles. The fourth-order valence-corrected chi connectivity index (χ4v) is 2.46. The maximum Gasteiger partial charge on any atom is 0.138 e. The van der Waals surface area contributed by atoms with Crippen LogP contribution in [0.25, 0.3) is 0 Å². The summed E-state index contributed by atoms with van der Waals surface area (Å²) >= 11 is 0. The molecular weight excluding hydrogens is 228 g/mol. The zero-order chi connectivity index (χ0) is 13.0. The molecule has 0 radical (unpaired) electrons. The van der Waals surface area contributed by atoms with Crippen LogP contribution in [-0.2, 0) is 11.2 Å². The second-order valence-corrected chi connectivity index (χ2v) is 5.39. The van der Waals surface area contributed by atoms with Crippen LogP contribution in [0.5, 0.6) is 0 Å². The van der Waals surface area contributed by atoms with Gasteiger partial charge in [0.15, 0.2) is 0 Å². The van der Waals surface area contributed by atoms with Crippen molar-refractivity contribution in [1.82, 2.24) is 14.8 Å². The predicted octanol–water partition coefficient (Wildman–Crippen LogP) is 1.69. The Morgan fingerprint density at radius 2 is 2.39 bits per heavy atom. The molecule has 0 aromatic carbocycles. The first-order valence-electron chi connectivity index (χ1n) is 6.92. The summed E-state index contributed by atoms with van der Waals surface area (Å²) in [5, 5.41) is 4.23. The van der Waals surface area contributed by atoms with Crippen molar-refractivity contribution in [1.29, 1.82) is 0 Å². The molecule has 0 amide bonds. The lowest BCUT2D eigenvalue weighted by molar-refractivity contribution is 0.101. The van der Waals surface area contributed by atoms with Gasteiger partial charge in [-0.25, -0.2) is 9.67 Å². The van der Waals surface area contributed by atoms with Crippen molar-refractivity contribution < 1.29 is 4.74 Å². The van der Waals surface area contributed by atoms with Crippen LogP contribution in [-0.4, -0.2) is 33.5 Å². The maximum absolute atomic E-state index is 6.18. The van der Waals surface area contributed by atoms with E-state index in [0.29, 0.717) is 12.1 Å². The normalized spacial score (nSPS) is 21.7. The number of ether oxygens (including phenoxy) is 1. The summed E-state index contributed by atoms with van der Waals surface area (Å²) in [7, 11) is 0. The van der Waals surface area contributed by atoms with Gasteiger partial charge in [-0.1, -0.05) is 0 Å². The molecule has 1 aliphatic heterocycles. The monoisotopic (exact) mass is 252 g/mol. The van der Waals surface area contributed by atoms with Crippen molar-refractivity contribution in [3.63, 3.8) is 0 Å². The van der Waals surface area contributed by atoms with E-state index in [9.17, 15) is 0 Å². The van der Waals surface area contributed by atoms with Gasteiger partial charge in [-0.2, -0.15) is 5.10 Å². The van der Waals surface area contributed by atoms with Gasteiger partial charge in [0.25, 0.3) is 0 Å². The van der Waals surface area contributed by atoms with Gasteiger partial charge < -0.3 is 10.5 Å². The van der Waals surface area contributed by atoms with E-state index in [1.807, 2.05) is 4.68 Å². The summed E-state index contributed by atoms with van der Waals surface area (Å²) < 4.78 is 7.56. The lowest BCUT2D eigenvalue weighted by atomic mass is 10.0. The second kappa shape index (κ2) is 6.29. The Labute approximate surface area is 109 Å². The molecule has 0 spiro atoms. The lowest BCUT2D eigenvalue weighted by Crippen LogP contribution is -2.26. The van der Waals surface area contributed by atoms with E-state index in [1.165, 1.54) is 12.8 Å². The fraction of sp³-hybridized carbons (Fsp3) is 0.846. The number of hydrogen-bond acceptors (Lipinski definition) is 4. The van der Waals surface area contributed by atoms with Gasteiger partial charge >= 0.3 is 0 Å².